The minimum Gasteiger partial charge on any atom is -0.356 e. The molecule has 1 heterocycles. The molecule has 0 radical (unpaired) electrons. The molecule has 0 atom stereocenters. The van der Waals surface area contributed by atoms with Gasteiger partial charge in [-0.2, -0.15) is 0 Å². The van der Waals surface area contributed by atoms with Gasteiger partial charge in [0.25, 0.3) is 0 Å². The van der Waals surface area contributed by atoms with Gasteiger partial charge in [-0.25, -0.2) is 0 Å². The Hall–Kier alpha value is -2.90. The lowest BCUT2D eigenvalue weighted by Crippen LogP contribution is -2.28. The Morgan fingerprint density at radius 2 is 1.20 bits per heavy atom. The third kappa shape index (κ3) is 2.73. The number of rotatable bonds is 3. The largest absolute Gasteiger partial charge is 0.356 e. The van der Waals surface area contributed by atoms with Crippen LogP contribution in [0.5, 0.6) is 0 Å². The molecule has 3 aromatic rings. The van der Waals surface area contributed by atoms with Gasteiger partial charge in [0.05, 0.1) is 6.61 Å². The Bertz CT molecular complexity index is 853. The molecule has 0 unspecified atom stereocenters. The molecule has 1 saturated heterocycles. The van der Waals surface area contributed by atoms with Crippen LogP contribution in [-0.4, -0.2) is 6.61 Å². The molecule has 0 aromatic heterocycles. The number of benzene rings is 3. The van der Waals surface area contributed by atoms with Crippen LogP contribution in [0.1, 0.15) is 16.7 Å². The van der Waals surface area contributed by atoms with E-state index in [1.54, 1.807) is 0 Å². The first-order valence-electron chi connectivity index (χ1n) is 8.51. The lowest BCUT2D eigenvalue weighted by atomic mass is 9.78. The summed E-state index contributed by atoms with van der Waals surface area (Å²) in [6, 6.07) is 31.2. The fourth-order valence-corrected chi connectivity index (χ4v) is 3.51. The maximum Gasteiger partial charge on any atom is 0.144 e. The maximum atomic E-state index is 6.44. The standard InChI is InChI=1S/C24H20O/c1-19-18-25-24(21-13-7-3-8-14-21,22-15-9-4-10-16-22)23(19)17-20-11-5-2-6-12-20/h2-17H,1,18H2/b23-17-. The van der Waals surface area contributed by atoms with Crippen molar-refractivity contribution in [2.75, 3.05) is 6.61 Å². The first kappa shape index (κ1) is 15.6. The summed E-state index contributed by atoms with van der Waals surface area (Å²) in [5, 5.41) is 0. The van der Waals surface area contributed by atoms with Gasteiger partial charge in [-0.05, 0) is 33.9 Å². The quantitative estimate of drug-likeness (QED) is 0.609. The highest BCUT2D eigenvalue weighted by atomic mass is 16.5. The Morgan fingerprint density at radius 3 is 1.72 bits per heavy atom. The molecule has 1 aliphatic heterocycles. The Balaban J connectivity index is 1.97. The Labute approximate surface area is 148 Å². The average molecular weight is 324 g/mol. The highest BCUT2D eigenvalue weighted by molar-refractivity contribution is 5.67. The summed E-state index contributed by atoms with van der Waals surface area (Å²) in [5.41, 5.74) is 4.94. The zero-order chi connectivity index (χ0) is 17.1. The van der Waals surface area contributed by atoms with Gasteiger partial charge in [-0.15, -0.1) is 0 Å². The molecule has 122 valence electrons. The van der Waals surface area contributed by atoms with Crippen molar-refractivity contribution in [1.29, 1.82) is 0 Å². The summed E-state index contributed by atoms with van der Waals surface area (Å²) in [5.74, 6) is 0. The fraction of sp³-hybridized carbons (Fsp3) is 0.0833. The lowest BCUT2D eigenvalue weighted by Gasteiger charge is -2.31. The van der Waals surface area contributed by atoms with Crippen LogP contribution in [0.25, 0.3) is 6.08 Å². The Morgan fingerprint density at radius 1 is 0.720 bits per heavy atom. The van der Waals surface area contributed by atoms with Crippen molar-refractivity contribution in [3.8, 4) is 0 Å². The van der Waals surface area contributed by atoms with Crippen LogP contribution in [0.3, 0.4) is 0 Å². The predicted molar refractivity (Wildman–Crippen MR) is 103 cm³/mol. The zero-order valence-electron chi connectivity index (χ0n) is 14.1. The van der Waals surface area contributed by atoms with Crippen molar-refractivity contribution < 1.29 is 4.74 Å². The van der Waals surface area contributed by atoms with E-state index in [1.165, 1.54) is 0 Å². The second kappa shape index (κ2) is 6.54. The van der Waals surface area contributed by atoms with Gasteiger partial charge in [0.2, 0.25) is 0 Å². The lowest BCUT2D eigenvalue weighted by molar-refractivity contribution is 0.0590. The van der Waals surface area contributed by atoms with Crippen molar-refractivity contribution in [2.45, 2.75) is 5.60 Å². The van der Waals surface area contributed by atoms with Gasteiger partial charge in [-0.1, -0.05) is 97.6 Å². The maximum absolute atomic E-state index is 6.44. The summed E-state index contributed by atoms with van der Waals surface area (Å²) in [6.07, 6.45) is 2.20. The molecule has 1 fully saturated rings. The minimum atomic E-state index is -0.616. The second-order valence-electron chi connectivity index (χ2n) is 6.27. The molecule has 1 heteroatoms. The van der Waals surface area contributed by atoms with Gasteiger partial charge in [0.15, 0.2) is 0 Å². The monoisotopic (exact) mass is 324 g/mol. The molecule has 0 amide bonds. The zero-order valence-corrected chi connectivity index (χ0v) is 14.1. The molecule has 1 nitrogen and oxygen atoms in total. The van der Waals surface area contributed by atoms with E-state index in [-0.39, 0.29) is 0 Å². The number of hydrogen-bond acceptors (Lipinski definition) is 1. The third-order valence-corrected chi connectivity index (χ3v) is 4.69. The Kier molecular flexibility index (Phi) is 4.09. The van der Waals surface area contributed by atoms with Crippen molar-refractivity contribution in [1.82, 2.24) is 0 Å². The normalized spacial score (nSPS) is 17.8. The van der Waals surface area contributed by atoms with Crippen molar-refractivity contribution in [3.63, 3.8) is 0 Å². The van der Waals surface area contributed by atoms with Crippen LogP contribution >= 0.6 is 0 Å². The van der Waals surface area contributed by atoms with E-state index in [0.29, 0.717) is 6.61 Å². The fourth-order valence-electron chi connectivity index (χ4n) is 3.51. The van der Waals surface area contributed by atoms with Crippen molar-refractivity contribution in [2.24, 2.45) is 0 Å². The highest BCUT2D eigenvalue weighted by Gasteiger charge is 2.44. The van der Waals surface area contributed by atoms with Gasteiger partial charge < -0.3 is 4.74 Å². The highest BCUT2D eigenvalue weighted by Crippen LogP contribution is 2.48. The van der Waals surface area contributed by atoms with Crippen LogP contribution in [0.4, 0.5) is 0 Å². The van der Waals surface area contributed by atoms with Crippen LogP contribution in [0.15, 0.2) is 109 Å². The average Bonchev–Trinajstić information content (AvgIpc) is 3.01. The molecule has 0 bridgehead atoms. The van der Waals surface area contributed by atoms with Gasteiger partial charge in [0.1, 0.15) is 5.60 Å². The molecular weight excluding hydrogens is 304 g/mol. The molecule has 3 aromatic carbocycles. The predicted octanol–water partition coefficient (Wildman–Crippen LogP) is 5.60. The first-order chi connectivity index (χ1) is 12.3. The van der Waals surface area contributed by atoms with E-state index in [0.717, 1.165) is 27.8 Å². The summed E-state index contributed by atoms with van der Waals surface area (Å²) < 4.78 is 6.44. The van der Waals surface area contributed by atoms with Gasteiger partial charge >= 0.3 is 0 Å². The van der Waals surface area contributed by atoms with Crippen LogP contribution in [0.2, 0.25) is 0 Å². The molecule has 0 saturated carbocycles. The molecular formula is C24H20O. The number of hydrogen-bond donors (Lipinski definition) is 0. The van der Waals surface area contributed by atoms with Crippen molar-refractivity contribution in [3.05, 3.63) is 125 Å². The van der Waals surface area contributed by atoms with E-state index in [2.05, 4.69) is 85.5 Å². The summed E-state index contributed by atoms with van der Waals surface area (Å²) >= 11 is 0. The van der Waals surface area contributed by atoms with Crippen LogP contribution in [0, 0.1) is 0 Å². The molecule has 0 aliphatic carbocycles. The van der Waals surface area contributed by atoms with E-state index in [4.69, 9.17) is 4.74 Å². The third-order valence-electron chi connectivity index (χ3n) is 4.69. The van der Waals surface area contributed by atoms with E-state index < -0.39 is 5.60 Å². The SMILES string of the molecule is C=C1COC(c2ccccc2)(c2ccccc2)/C1=C\c1ccccc1. The summed E-state index contributed by atoms with van der Waals surface area (Å²) in [6.45, 7) is 4.81. The smallest absolute Gasteiger partial charge is 0.144 e. The molecule has 25 heavy (non-hydrogen) atoms. The summed E-state index contributed by atoms with van der Waals surface area (Å²) in [4.78, 5) is 0. The van der Waals surface area contributed by atoms with E-state index in [9.17, 15) is 0 Å². The van der Waals surface area contributed by atoms with Crippen LogP contribution in [-0.2, 0) is 10.3 Å². The number of ether oxygens (including phenoxy) is 1. The van der Waals surface area contributed by atoms with Crippen LogP contribution < -0.4 is 0 Å². The second-order valence-corrected chi connectivity index (χ2v) is 6.27. The van der Waals surface area contributed by atoms with Crippen molar-refractivity contribution >= 4 is 6.08 Å². The molecule has 0 spiro atoms. The first-order valence-corrected chi connectivity index (χ1v) is 8.51. The molecule has 1 aliphatic rings. The molecule has 4 rings (SSSR count). The molecule has 0 N–H and O–H groups in total. The minimum absolute atomic E-state index is 0.530. The van der Waals surface area contributed by atoms with Gasteiger partial charge in [0, 0.05) is 0 Å². The topological polar surface area (TPSA) is 9.23 Å². The summed E-state index contributed by atoms with van der Waals surface area (Å²) in [7, 11) is 0. The van der Waals surface area contributed by atoms with E-state index in [1.807, 2.05) is 18.2 Å². The van der Waals surface area contributed by atoms with Gasteiger partial charge in [-0.3, -0.25) is 0 Å². The van der Waals surface area contributed by atoms with E-state index >= 15 is 0 Å².